The number of hydrogen-bond donors (Lipinski definition) is 2. The van der Waals surface area contributed by atoms with Crippen LogP contribution in [0.5, 0.6) is 0 Å². The van der Waals surface area contributed by atoms with Gasteiger partial charge in [0.15, 0.2) is 0 Å². The van der Waals surface area contributed by atoms with E-state index in [-0.39, 0.29) is 11.8 Å². The molecule has 6 heteroatoms. The molecule has 4 nitrogen and oxygen atoms in total. The summed E-state index contributed by atoms with van der Waals surface area (Å²) in [7, 11) is 0. The minimum atomic E-state index is -0.207. The molecule has 2 aromatic rings. The van der Waals surface area contributed by atoms with Gasteiger partial charge < -0.3 is 10.6 Å². The first-order chi connectivity index (χ1) is 14.0. The van der Waals surface area contributed by atoms with Crippen LogP contribution in [0.4, 0.5) is 5.69 Å². The monoisotopic (exact) mass is 430 g/mol. The minimum absolute atomic E-state index is 0.0153. The largest absolute Gasteiger partial charge is 0.355 e. The molecule has 1 fully saturated rings. The van der Waals surface area contributed by atoms with Gasteiger partial charge in [0.2, 0.25) is 5.91 Å². The molecule has 0 radical (unpaired) electrons. The zero-order chi connectivity index (χ0) is 20.6. The summed E-state index contributed by atoms with van der Waals surface area (Å²) in [6.45, 7) is 2.68. The Morgan fingerprint density at radius 1 is 1.10 bits per heavy atom. The molecule has 2 amide bonds. The number of rotatable bonds is 7. The van der Waals surface area contributed by atoms with Crippen LogP contribution < -0.4 is 10.6 Å². The average molecular weight is 431 g/mol. The van der Waals surface area contributed by atoms with E-state index in [9.17, 15) is 9.59 Å². The van der Waals surface area contributed by atoms with Crippen LogP contribution >= 0.6 is 23.4 Å². The Hall–Kier alpha value is -1.98. The quantitative estimate of drug-likeness (QED) is 0.555. The number of benzene rings is 2. The van der Waals surface area contributed by atoms with Gasteiger partial charge in [-0.1, -0.05) is 49.1 Å². The van der Waals surface area contributed by atoms with Crippen molar-refractivity contribution in [1.29, 1.82) is 0 Å². The predicted octanol–water partition coefficient (Wildman–Crippen LogP) is 5.69. The van der Waals surface area contributed by atoms with Gasteiger partial charge >= 0.3 is 0 Å². The van der Waals surface area contributed by atoms with Gasteiger partial charge in [-0.25, -0.2) is 0 Å². The third-order valence-corrected chi connectivity index (χ3v) is 6.56. The molecule has 1 saturated carbocycles. The first-order valence-corrected chi connectivity index (χ1v) is 11.5. The summed E-state index contributed by atoms with van der Waals surface area (Å²) in [5.74, 6) is 0.715. The highest BCUT2D eigenvalue weighted by Crippen LogP contribution is 2.26. The van der Waals surface area contributed by atoms with Crippen molar-refractivity contribution in [3.8, 4) is 0 Å². The van der Waals surface area contributed by atoms with Crippen LogP contribution in [0.1, 0.15) is 48.0 Å². The minimum Gasteiger partial charge on any atom is -0.355 e. The van der Waals surface area contributed by atoms with Gasteiger partial charge in [-0.3, -0.25) is 9.59 Å². The Labute approximate surface area is 181 Å². The van der Waals surface area contributed by atoms with E-state index in [1.54, 1.807) is 18.2 Å². The molecular formula is C23H27ClN2O2S. The Kier molecular flexibility index (Phi) is 8.01. The van der Waals surface area contributed by atoms with E-state index in [2.05, 4.69) is 10.6 Å². The standard InChI is InChI=1S/C23H27ClN2O2S/c1-16-11-12-18(24)13-20(16)26-23(28)19-9-5-6-10-21(19)29-15-22(27)25-14-17-7-3-2-4-8-17/h5-6,9-13,17H,2-4,7-8,14-15H2,1H3,(H,25,27)(H,26,28). The highest BCUT2D eigenvalue weighted by Gasteiger charge is 2.16. The van der Waals surface area contributed by atoms with E-state index >= 15 is 0 Å². The number of hydrogen-bond acceptors (Lipinski definition) is 3. The summed E-state index contributed by atoms with van der Waals surface area (Å²) in [4.78, 5) is 25.9. The predicted molar refractivity (Wildman–Crippen MR) is 121 cm³/mol. The molecule has 154 valence electrons. The van der Waals surface area contributed by atoms with Crippen molar-refractivity contribution in [2.24, 2.45) is 5.92 Å². The maximum Gasteiger partial charge on any atom is 0.256 e. The third-order valence-electron chi connectivity index (χ3n) is 5.25. The second-order valence-corrected chi connectivity index (χ2v) is 8.96. The molecule has 0 spiro atoms. The van der Waals surface area contributed by atoms with Crippen LogP contribution in [-0.2, 0) is 4.79 Å². The van der Waals surface area contributed by atoms with E-state index in [4.69, 9.17) is 11.6 Å². The molecule has 0 aliphatic heterocycles. The first-order valence-electron chi connectivity index (χ1n) is 10.1. The Morgan fingerprint density at radius 2 is 1.86 bits per heavy atom. The lowest BCUT2D eigenvalue weighted by Crippen LogP contribution is -2.31. The fourth-order valence-electron chi connectivity index (χ4n) is 3.54. The van der Waals surface area contributed by atoms with Crippen molar-refractivity contribution in [3.63, 3.8) is 0 Å². The van der Waals surface area contributed by atoms with Crippen LogP contribution in [-0.4, -0.2) is 24.1 Å². The molecule has 2 N–H and O–H groups in total. The first kappa shape index (κ1) is 21.7. The second-order valence-electron chi connectivity index (χ2n) is 7.51. The number of thioether (sulfide) groups is 1. The number of carbonyl (C=O) groups is 2. The van der Waals surface area contributed by atoms with Gasteiger partial charge in [0, 0.05) is 22.2 Å². The summed E-state index contributed by atoms with van der Waals surface area (Å²) in [5.41, 5.74) is 2.18. The SMILES string of the molecule is Cc1ccc(Cl)cc1NC(=O)c1ccccc1SCC(=O)NCC1CCCCC1. The fourth-order valence-corrected chi connectivity index (χ4v) is 4.59. The van der Waals surface area contributed by atoms with Crippen molar-refractivity contribution in [3.05, 3.63) is 58.6 Å². The molecule has 29 heavy (non-hydrogen) atoms. The zero-order valence-corrected chi connectivity index (χ0v) is 18.2. The molecule has 1 aliphatic rings. The highest BCUT2D eigenvalue weighted by atomic mass is 35.5. The fraction of sp³-hybridized carbons (Fsp3) is 0.391. The van der Waals surface area contributed by atoms with Gasteiger partial charge in [-0.2, -0.15) is 0 Å². The maximum atomic E-state index is 12.8. The Balaban J connectivity index is 1.57. The second kappa shape index (κ2) is 10.7. The number of halogens is 1. The summed E-state index contributed by atoms with van der Waals surface area (Å²) < 4.78 is 0. The van der Waals surface area contributed by atoms with E-state index in [1.807, 2.05) is 31.2 Å². The lowest BCUT2D eigenvalue weighted by atomic mass is 9.89. The molecule has 1 aliphatic carbocycles. The third kappa shape index (κ3) is 6.51. The van der Waals surface area contributed by atoms with Gasteiger partial charge in [0.1, 0.15) is 0 Å². The van der Waals surface area contributed by atoms with Crippen LogP contribution in [0.15, 0.2) is 47.4 Å². The zero-order valence-electron chi connectivity index (χ0n) is 16.7. The average Bonchev–Trinajstić information content (AvgIpc) is 2.74. The summed E-state index contributed by atoms with van der Waals surface area (Å²) >= 11 is 7.44. The number of nitrogens with one attached hydrogen (secondary N) is 2. The molecule has 0 saturated heterocycles. The maximum absolute atomic E-state index is 12.8. The van der Waals surface area contributed by atoms with Crippen LogP contribution in [0.2, 0.25) is 5.02 Å². The molecule has 0 heterocycles. The van der Waals surface area contributed by atoms with Crippen molar-refractivity contribution in [2.75, 3.05) is 17.6 Å². The molecule has 0 atom stereocenters. The number of anilines is 1. The van der Waals surface area contributed by atoms with Gasteiger partial charge in [-0.15, -0.1) is 11.8 Å². The molecule has 2 aromatic carbocycles. The van der Waals surface area contributed by atoms with Gasteiger partial charge in [0.05, 0.1) is 11.3 Å². The number of amides is 2. The van der Waals surface area contributed by atoms with Crippen LogP contribution in [0, 0.1) is 12.8 Å². The van der Waals surface area contributed by atoms with Crippen LogP contribution in [0.25, 0.3) is 0 Å². The summed E-state index contributed by atoms with van der Waals surface area (Å²) in [6, 6.07) is 12.8. The lowest BCUT2D eigenvalue weighted by Gasteiger charge is -2.21. The Morgan fingerprint density at radius 3 is 2.66 bits per heavy atom. The van der Waals surface area contributed by atoms with Crippen molar-refractivity contribution in [1.82, 2.24) is 5.32 Å². The van der Waals surface area contributed by atoms with Crippen LogP contribution in [0.3, 0.4) is 0 Å². The smallest absolute Gasteiger partial charge is 0.256 e. The molecule has 3 rings (SSSR count). The topological polar surface area (TPSA) is 58.2 Å². The lowest BCUT2D eigenvalue weighted by molar-refractivity contribution is -0.118. The summed E-state index contributed by atoms with van der Waals surface area (Å²) in [6.07, 6.45) is 6.26. The molecule has 0 aromatic heterocycles. The normalized spacial score (nSPS) is 14.4. The van der Waals surface area contributed by atoms with Gasteiger partial charge in [0.25, 0.3) is 5.91 Å². The number of carbonyl (C=O) groups excluding carboxylic acids is 2. The van der Waals surface area contributed by atoms with E-state index in [0.29, 0.717) is 27.9 Å². The van der Waals surface area contributed by atoms with E-state index in [1.165, 1.54) is 43.9 Å². The van der Waals surface area contributed by atoms with E-state index in [0.717, 1.165) is 17.0 Å². The molecule has 0 bridgehead atoms. The van der Waals surface area contributed by atoms with Gasteiger partial charge in [-0.05, 0) is 55.5 Å². The van der Waals surface area contributed by atoms with E-state index < -0.39 is 0 Å². The Bertz CT molecular complexity index is 866. The van der Waals surface area contributed by atoms with Crippen molar-refractivity contribution >= 4 is 40.9 Å². The molecule has 0 unspecified atom stereocenters. The highest BCUT2D eigenvalue weighted by molar-refractivity contribution is 8.00. The molecular weight excluding hydrogens is 404 g/mol. The van der Waals surface area contributed by atoms with Crippen molar-refractivity contribution in [2.45, 2.75) is 43.9 Å². The van der Waals surface area contributed by atoms with Crippen molar-refractivity contribution < 1.29 is 9.59 Å². The number of aryl methyl sites for hydroxylation is 1. The summed E-state index contributed by atoms with van der Waals surface area (Å²) in [5, 5.41) is 6.55.